The van der Waals surface area contributed by atoms with Gasteiger partial charge in [0.2, 0.25) is 0 Å². The molecule has 1 aromatic rings. The molecule has 2 heterocycles. The fourth-order valence-electron chi connectivity index (χ4n) is 1.63. The van der Waals surface area contributed by atoms with E-state index < -0.39 is 0 Å². The van der Waals surface area contributed by atoms with Crippen molar-refractivity contribution in [2.75, 3.05) is 11.9 Å². The van der Waals surface area contributed by atoms with Crippen molar-refractivity contribution >= 4 is 11.7 Å². The van der Waals surface area contributed by atoms with Crippen LogP contribution in [0.4, 0.5) is 10.5 Å². The Labute approximate surface area is 94.2 Å². The van der Waals surface area contributed by atoms with Crippen LogP contribution in [0.5, 0.6) is 0 Å². The fraction of sp³-hybridized carbons (Fsp3) is 0.455. The summed E-state index contributed by atoms with van der Waals surface area (Å²) in [5, 5.41) is 5.49. The highest BCUT2D eigenvalue weighted by Crippen LogP contribution is 2.10. The summed E-state index contributed by atoms with van der Waals surface area (Å²) in [4.78, 5) is 15.6. The van der Waals surface area contributed by atoms with Crippen LogP contribution in [0, 0.1) is 6.92 Å². The lowest BCUT2D eigenvalue weighted by molar-refractivity contribution is 0.0928. The number of carbonyl (C=O) groups is 1. The molecule has 0 bridgehead atoms. The highest BCUT2D eigenvalue weighted by atomic mass is 16.5. The molecule has 0 aromatic carbocycles. The monoisotopic (exact) mass is 221 g/mol. The molecule has 1 unspecified atom stereocenters. The predicted octanol–water partition coefficient (Wildman–Crippen LogP) is 1.65. The Bertz CT molecular complexity index is 375. The minimum absolute atomic E-state index is 0.150. The number of carbonyl (C=O) groups excluding carboxylic acids is 1. The standard InChI is InChI=1S/C11H15N3O2/c1-8-7-9(4-5-12-8)13-11(15)14-10-3-2-6-16-10/h4-5,7,10H,2-3,6H2,1H3,(H2,12,13,14,15). The molecule has 1 aliphatic rings. The Kier molecular flexibility index (Phi) is 3.36. The van der Waals surface area contributed by atoms with E-state index in [4.69, 9.17) is 4.74 Å². The average molecular weight is 221 g/mol. The minimum Gasteiger partial charge on any atom is -0.358 e. The number of hydrogen-bond acceptors (Lipinski definition) is 3. The molecule has 2 amide bonds. The van der Waals surface area contributed by atoms with Gasteiger partial charge in [-0.25, -0.2) is 4.79 Å². The van der Waals surface area contributed by atoms with Gasteiger partial charge < -0.3 is 15.4 Å². The first-order valence-corrected chi connectivity index (χ1v) is 5.36. The van der Waals surface area contributed by atoms with E-state index >= 15 is 0 Å². The zero-order valence-corrected chi connectivity index (χ0v) is 9.19. The van der Waals surface area contributed by atoms with Crippen molar-refractivity contribution in [3.05, 3.63) is 24.0 Å². The second-order valence-electron chi connectivity index (χ2n) is 3.79. The molecule has 86 valence electrons. The van der Waals surface area contributed by atoms with E-state index in [1.807, 2.05) is 13.0 Å². The number of anilines is 1. The zero-order valence-electron chi connectivity index (χ0n) is 9.19. The van der Waals surface area contributed by atoms with Crippen molar-refractivity contribution in [3.8, 4) is 0 Å². The number of aryl methyl sites for hydroxylation is 1. The largest absolute Gasteiger partial charge is 0.358 e. The molecule has 1 aromatic heterocycles. The second-order valence-corrected chi connectivity index (χ2v) is 3.79. The van der Waals surface area contributed by atoms with E-state index in [2.05, 4.69) is 15.6 Å². The second kappa shape index (κ2) is 4.94. The third-order valence-electron chi connectivity index (χ3n) is 2.38. The van der Waals surface area contributed by atoms with Gasteiger partial charge in [-0.15, -0.1) is 0 Å². The topological polar surface area (TPSA) is 63.2 Å². The molecule has 0 spiro atoms. The zero-order chi connectivity index (χ0) is 11.4. The molecule has 1 aliphatic heterocycles. The smallest absolute Gasteiger partial charge is 0.321 e. The van der Waals surface area contributed by atoms with Gasteiger partial charge in [-0.1, -0.05) is 0 Å². The Morgan fingerprint density at radius 1 is 1.62 bits per heavy atom. The summed E-state index contributed by atoms with van der Waals surface area (Å²) in [6, 6.07) is 3.33. The molecule has 1 atom stereocenters. The maximum atomic E-state index is 11.6. The summed E-state index contributed by atoms with van der Waals surface area (Å²) in [6.07, 6.45) is 3.39. The van der Waals surface area contributed by atoms with E-state index in [9.17, 15) is 4.79 Å². The molecule has 2 rings (SSSR count). The Balaban J connectivity index is 1.86. The van der Waals surface area contributed by atoms with Crippen LogP contribution in [0.2, 0.25) is 0 Å². The SMILES string of the molecule is Cc1cc(NC(=O)NC2CCCO2)ccn1. The summed E-state index contributed by atoms with van der Waals surface area (Å²) in [5.74, 6) is 0. The van der Waals surface area contributed by atoms with E-state index in [1.165, 1.54) is 0 Å². The summed E-state index contributed by atoms with van der Waals surface area (Å²) < 4.78 is 5.30. The van der Waals surface area contributed by atoms with Gasteiger partial charge in [0.25, 0.3) is 0 Å². The Morgan fingerprint density at radius 2 is 2.50 bits per heavy atom. The van der Waals surface area contributed by atoms with Crippen LogP contribution < -0.4 is 10.6 Å². The summed E-state index contributed by atoms with van der Waals surface area (Å²) >= 11 is 0. The molecular weight excluding hydrogens is 206 g/mol. The first-order chi connectivity index (χ1) is 7.74. The molecule has 2 N–H and O–H groups in total. The van der Waals surface area contributed by atoms with Crippen LogP contribution in [-0.2, 0) is 4.74 Å². The number of pyridine rings is 1. The number of hydrogen-bond donors (Lipinski definition) is 2. The van der Waals surface area contributed by atoms with Crippen molar-refractivity contribution in [1.82, 2.24) is 10.3 Å². The van der Waals surface area contributed by atoms with Crippen LogP contribution >= 0.6 is 0 Å². The number of urea groups is 1. The molecule has 0 radical (unpaired) electrons. The van der Waals surface area contributed by atoms with Gasteiger partial charge in [0.15, 0.2) is 0 Å². The van der Waals surface area contributed by atoms with E-state index in [1.54, 1.807) is 12.3 Å². The van der Waals surface area contributed by atoms with Gasteiger partial charge >= 0.3 is 6.03 Å². The van der Waals surface area contributed by atoms with Gasteiger partial charge in [-0.05, 0) is 31.9 Å². The average Bonchev–Trinajstić information content (AvgIpc) is 2.70. The lowest BCUT2D eigenvalue weighted by atomic mass is 10.3. The van der Waals surface area contributed by atoms with Crippen LogP contribution in [0.3, 0.4) is 0 Å². The molecule has 0 aliphatic carbocycles. The number of aromatic nitrogens is 1. The third-order valence-corrected chi connectivity index (χ3v) is 2.38. The van der Waals surface area contributed by atoms with E-state index in [-0.39, 0.29) is 12.3 Å². The molecule has 1 fully saturated rings. The normalized spacial score (nSPS) is 19.4. The van der Waals surface area contributed by atoms with Gasteiger partial charge in [0.1, 0.15) is 6.23 Å². The van der Waals surface area contributed by atoms with Gasteiger partial charge in [-0.2, -0.15) is 0 Å². The maximum absolute atomic E-state index is 11.6. The van der Waals surface area contributed by atoms with Crippen molar-refractivity contribution in [3.63, 3.8) is 0 Å². The first kappa shape index (κ1) is 10.9. The van der Waals surface area contributed by atoms with Crippen LogP contribution in [0.25, 0.3) is 0 Å². The number of amides is 2. The lowest BCUT2D eigenvalue weighted by Gasteiger charge is -2.12. The van der Waals surface area contributed by atoms with Gasteiger partial charge in [-0.3, -0.25) is 4.98 Å². The maximum Gasteiger partial charge on any atom is 0.321 e. The quantitative estimate of drug-likeness (QED) is 0.798. The highest BCUT2D eigenvalue weighted by molar-refractivity contribution is 5.89. The minimum atomic E-state index is -0.238. The summed E-state index contributed by atoms with van der Waals surface area (Å²) in [7, 11) is 0. The number of ether oxygens (including phenoxy) is 1. The predicted molar refractivity (Wildman–Crippen MR) is 60.1 cm³/mol. The van der Waals surface area contributed by atoms with Crippen molar-refractivity contribution < 1.29 is 9.53 Å². The van der Waals surface area contributed by atoms with Crippen LogP contribution in [0.15, 0.2) is 18.3 Å². The third kappa shape index (κ3) is 2.93. The van der Waals surface area contributed by atoms with Crippen molar-refractivity contribution in [2.24, 2.45) is 0 Å². The lowest BCUT2D eigenvalue weighted by Crippen LogP contribution is -2.37. The van der Waals surface area contributed by atoms with Crippen LogP contribution in [-0.4, -0.2) is 23.8 Å². The molecule has 1 saturated heterocycles. The fourth-order valence-corrected chi connectivity index (χ4v) is 1.63. The Morgan fingerprint density at radius 3 is 3.19 bits per heavy atom. The molecule has 16 heavy (non-hydrogen) atoms. The number of nitrogens with one attached hydrogen (secondary N) is 2. The molecule has 5 nitrogen and oxygen atoms in total. The highest BCUT2D eigenvalue weighted by Gasteiger charge is 2.17. The van der Waals surface area contributed by atoms with E-state index in [0.717, 1.165) is 30.8 Å². The molecule has 0 saturated carbocycles. The Hall–Kier alpha value is -1.62. The number of rotatable bonds is 2. The van der Waals surface area contributed by atoms with Crippen molar-refractivity contribution in [2.45, 2.75) is 26.0 Å². The summed E-state index contributed by atoms with van der Waals surface area (Å²) in [6.45, 7) is 2.60. The summed E-state index contributed by atoms with van der Waals surface area (Å²) in [5.41, 5.74) is 1.61. The van der Waals surface area contributed by atoms with Gasteiger partial charge in [0.05, 0.1) is 0 Å². The van der Waals surface area contributed by atoms with Crippen molar-refractivity contribution in [1.29, 1.82) is 0 Å². The first-order valence-electron chi connectivity index (χ1n) is 5.36. The van der Waals surface area contributed by atoms with Crippen LogP contribution in [0.1, 0.15) is 18.5 Å². The molecular formula is C11H15N3O2. The molecule has 5 heteroatoms. The van der Waals surface area contributed by atoms with Gasteiger partial charge in [0, 0.05) is 24.2 Å². The number of nitrogens with zero attached hydrogens (tertiary/aromatic N) is 1. The van der Waals surface area contributed by atoms with E-state index in [0.29, 0.717) is 0 Å².